The number of carbonyl (C=O) groups is 2. The monoisotopic (exact) mass is 406 g/mol. The second-order valence-electron chi connectivity index (χ2n) is 5.98. The van der Waals surface area contributed by atoms with Gasteiger partial charge in [-0.2, -0.15) is 5.26 Å². The van der Waals surface area contributed by atoms with Crippen LogP contribution in [0.5, 0.6) is 0 Å². The lowest BCUT2D eigenvalue weighted by Gasteiger charge is -2.07. The topological polar surface area (TPSA) is 106 Å². The van der Waals surface area contributed by atoms with E-state index in [4.69, 9.17) is 31.8 Å². The molecule has 2 aromatic carbocycles. The molecule has 0 saturated carbocycles. The maximum Gasteiger partial charge on any atom is 0.338 e. The predicted molar refractivity (Wildman–Crippen MR) is 107 cm³/mol. The Morgan fingerprint density at radius 1 is 1.10 bits per heavy atom. The fraction of sp³-hybridized carbons (Fsp3) is 0.0455. The molecule has 0 atom stereocenters. The zero-order valence-electron chi connectivity index (χ0n) is 15.1. The van der Waals surface area contributed by atoms with Crippen LogP contribution in [-0.2, 0) is 16.1 Å². The van der Waals surface area contributed by atoms with Crippen LogP contribution in [0.4, 0.5) is 0 Å². The molecule has 0 spiro atoms. The van der Waals surface area contributed by atoms with Gasteiger partial charge in [0.1, 0.15) is 29.8 Å². The number of amides is 1. The standard InChI is InChI=1S/C22H15ClN2O4/c23-19-4-2-1-3-16(19)13-28-22(27)15-7-5-14(6-8-15)20-10-9-18(29-20)11-17(12-24)21(25)26/h1-11H,13H2,(H2,25,26)/b17-11+. The number of primary amides is 1. The van der Waals surface area contributed by atoms with Gasteiger partial charge in [-0.1, -0.05) is 41.9 Å². The van der Waals surface area contributed by atoms with Crippen molar-refractivity contribution in [3.63, 3.8) is 0 Å². The number of carbonyl (C=O) groups excluding carboxylic acids is 2. The average molecular weight is 407 g/mol. The Labute approximate surface area is 171 Å². The molecule has 0 saturated heterocycles. The number of halogens is 1. The molecule has 3 rings (SSSR count). The van der Waals surface area contributed by atoms with E-state index in [1.807, 2.05) is 6.07 Å². The quantitative estimate of drug-likeness (QED) is 0.372. The number of esters is 1. The first-order valence-electron chi connectivity index (χ1n) is 8.50. The summed E-state index contributed by atoms with van der Waals surface area (Å²) in [5.74, 6) is -0.475. The highest BCUT2D eigenvalue weighted by molar-refractivity contribution is 6.31. The molecule has 29 heavy (non-hydrogen) atoms. The van der Waals surface area contributed by atoms with Crippen molar-refractivity contribution in [1.29, 1.82) is 5.26 Å². The molecule has 1 aromatic heterocycles. The summed E-state index contributed by atoms with van der Waals surface area (Å²) in [6, 6.07) is 18.8. The minimum atomic E-state index is -0.829. The maximum absolute atomic E-state index is 12.2. The van der Waals surface area contributed by atoms with Crippen molar-refractivity contribution in [2.24, 2.45) is 5.73 Å². The summed E-state index contributed by atoms with van der Waals surface area (Å²) in [6.07, 6.45) is 1.27. The molecule has 1 amide bonds. The number of nitriles is 1. The van der Waals surface area contributed by atoms with Crippen LogP contribution >= 0.6 is 11.6 Å². The summed E-state index contributed by atoms with van der Waals surface area (Å²) in [7, 11) is 0. The minimum Gasteiger partial charge on any atom is -0.457 e. The first-order valence-corrected chi connectivity index (χ1v) is 8.88. The van der Waals surface area contributed by atoms with E-state index in [1.54, 1.807) is 60.7 Å². The van der Waals surface area contributed by atoms with Crippen LogP contribution in [0.2, 0.25) is 5.02 Å². The van der Waals surface area contributed by atoms with Crippen LogP contribution in [0.3, 0.4) is 0 Å². The van der Waals surface area contributed by atoms with E-state index in [2.05, 4.69) is 0 Å². The lowest BCUT2D eigenvalue weighted by molar-refractivity contribution is -0.114. The van der Waals surface area contributed by atoms with Gasteiger partial charge in [0.05, 0.1) is 5.56 Å². The SMILES string of the molecule is N#C/C(=C\c1ccc(-c2ccc(C(=O)OCc3ccccc3Cl)cc2)o1)C(N)=O. The second-order valence-corrected chi connectivity index (χ2v) is 6.39. The number of hydrogen-bond donors (Lipinski definition) is 1. The zero-order chi connectivity index (χ0) is 20.8. The highest BCUT2D eigenvalue weighted by Crippen LogP contribution is 2.24. The van der Waals surface area contributed by atoms with E-state index in [-0.39, 0.29) is 12.2 Å². The molecule has 3 aromatic rings. The highest BCUT2D eigenvalue weighted by Gasteiger charge is 2.11. The molecule has 7 heteroatoms. The molecule has 1 heterocycles. The first kappa shape index (κ1) is 19.9. The van der Waals surface area contributed by atoms with Gasteiger partial charge in [0.2, 0.25) is 0 Å². The summed E-state index contributed by atoms with van der Waals surface area (Å²) in [4.78, 5) is 23.3. The van der Waals surface area contributed by atoms with Crippen LogP contribution in [0, 0.1) is 11.3 Å². The van der Waals surface area contributed by atoms with Crippen molar-refractivity contribution in [2.45, 2.75) is 6.61 Å². The number of ether oxygens (including phenoxy) is 1. The molecule has 144 valence electrons. The molecular weight excluding hydrogens is 392 g/mol. The van der Waals surface area contributed by atoms with Crippen molar-refractivity contribution in [3.05, 3.63) is 88.1 Å². The minimum absolute atomic E-state index is 0.0786. The van der Waals surface area contributed by atoms with Crippen LogP contribution < -0.4 is 5.73 Å². The summed E-state index contributed by atoms with van der Waals surface area (Å²) in [5.41, 5.74) is 6.72. The maximum atomic E-state index is 12.2. The third-order valence-corrected chi connectivity index (χ3v) is 4.39. The van der Waals surface area contributed by atoms with Crippen LogP contribution in [0.25, 0.3) is 17.4 Å². The van der Waals surface area contributed by atoms with Crippen LogP contribution in [-0.4, -0.2) is 11.9 Å². The number of benzene rings is 2. The Kier molecular flexibility index (Phi) is 6.12. The van der Waals surface area contributed by atoms with E-state index in [0.29, 0.717) is 27.7 Å². The van der Waals surface area contributed by atoms with Gasteiger partial charge in [-0.3, -0.25) is 4.79 Å². The molecule has 0 aliphatic rings. The second kappa shape index (κ2) is 8.91. The Balaban J connectivity index is 1.69. The van der Waals surface area contributed by atoms with E-state index < -0.39 is 11.9 Å². The van der Waals surface area contributed by atoms with Gasteiger partial charge < -0.3 is 14.9 Å². The fourth-order valence-electron chi connectivity index (χ4n) is 2.50. The Hall–Kier alpha value is -3.82. The number of hydrogen-bond acceptors (Lipinski definition) is 5. The van der Waals surface area contributed by atoms with Gasteiger partial charge in [-0.05, 0) is 30.3 Å². The smallest absolute Gasteiger partial charge is 0.338 e. The summed E-state index contributed by atoms with van der Waals surface area (Å²) in [6.45, 7) is 0.0786. The fourth-order valence-corrected chi connectivity index (χ4v) is 2.69. The van der Waals surface area contributed by atoms with E-state index in [9.17, 15) is 9.59 Å². The summed E-state index contributed by atoms with van der Waals surface area (Å²) in [5, 5.41) is 9.42. The van der Waals surface area contributed by atoms with E-state index in [0.717, 1.165) is 5.56 Å². The van der Waals surface area contributed by atoms with Crippen LogP contribution in [0.1, 0.15) is 21.7 Å². The largest absolute Gasteiger partial charge is 0.457 e. The highest BCUT2D eigenvalue weighted by atomic mass is 35.5. The molecular formula is C22H15ClN2O4. The van der Waals surface area contributed by atoms with Gasteiger partial charge in [-0.15, -0.1) is 0 Å². The average Bonchev–Trinajstić information content (AvgIpc) is 3.20. The molecule has 2 N–H and O–H groups in total. The summed E-state index contributed by atoms with van der Waals surface area (Å²) < 4.78 is 10.9. The van der Waals surface area contributed by atoms with Gasteiger partial charge in [0.25, 0.3) is 5.91 Å². The first-order chi connectivity index (χ1) is 14.0. The van der Waals surface area contributed by atoms with Crippen molar-refractivity contribution in [1.82, 2.24) is 0 Å². The van der Waals surface area contributed by atoms with Crippen molar-refractivity contribution >= 4 is 29.6 Å². The Bertz CT molecular complexity index is 1120. The van der Waals surface area contributed by atoms with Gasteiger partial charge in [0.15, 0.2) is 0 Å². The Morgan fingerprint density at radius 2 is 1.83 bits per heavy atom. The number of rotatable bonds is 6. The Morgan fingerprint density at radius 3 is 2.48 bits per heavy atom. The van der Waals surface area contributed by atoms with Crippen LogP contribution in [0.15, 0.2) is 70.7 Å². The number of nitrogens with two attached hydrogens (primary N) is 1. The van der Waals surface area contributed by atoms with Gasteiger partial charge >= 0.3 is 5.97 Å². The third kappa shape index (κ3) is 4.92. The van der Waals surface area contributed by atoms with E-state index >= 15 is 0 Å². The molecule has 0 fully saturated rings. The lowest BCUT2D eigenvalue weighted by Crippen LogP contribution is -2.12. The molecule has 0 radical (unpaired) electrons. The van der Waals surface area contributed by atoms with Gasteiger partial charge in [-0.25, -0.2) is 4.79 Å². The summed E-state index contributed by atoms with van der Waals surface area (Å²) >= 11 is 6.05. The normalized spacial score (nSPS) is 11.0. The van der Waals surface area contributed by atoms with Gasteiger partial charge in [0, 0.05) is 22.2 Å². The molecule has 0 aliphatic carbocycles. The lowest BCUT2D eigenvalue weighted by atomic mass is 10.1. The number of furan rings is 1. The van der Waals surface area contributed by atoms with E-state index in [1.165, 1.54) is 6.08 Å². The zero-order valence-corrected chi connectivity index (χ0v) is 15.8. The van der Waals surface area contributed by atoms with Crippen molar-refractivity contribution in [2.75, 3.05) is 0 Å². The third-order valence-electron chi connectivity index (χ3n) is 4.02. The molecule has 6 nitrogen and oxygen atoms in total. The predicted octanol–water partition coefficient (Wildman–Crippen LogP) is 4.35. The molecule has 0 aliphatic heterocycles. The van der Waals surface area contributed by atoms with Crippen molar-refractivity contribution in [3.8, 4) is 17.4 Å². The number of nitrogens with zero attached hydrogens (tertiary/aromatic N) is 1. The van der Waals surface area contributed by atoms with Crippen molar-refractivity contribution < 1.29 is 18.7 Å². The molecule has 0 bridgehead atoms. The molecule has 0 unspecified atom stereocenters.